The van der Waals surface area contributed by atoms with Crippen LogP contribution < -0.4 is 10.5 Å². The van der Waals surface area contributed by atoms with Gasteiger partial charge in [-0.15, -0.1) is 10.2 Å². The third-order valence-corrected chi connectivity index (χ3v) is 3.06. The van der Waals surface area contributed by atoms with Gasteiger partial charge in [0.1, 0.15) is 5.75 Å². The van der Waals surface area contributed by atoms with Crippen molar-refractivity contribution in [2.24, 2.45) is 0 Å². The zero-order valence-corrected chi connectivity index (χ0v) is 10.8. The van der Waals surface area contributed by atoms with Crippen LogP contribution in [0.4, 0.5) is 5.69 Å². The Kier molecular flexibility index (Phi) is 2.59. The van der Waals surface area contributed by atoms with E-state index in [-0.39, 0.29) is 0 Å². The standard InChI is InChI=1S/C14H14N4O/c1-9-7-10(15)8-18-13(9)16-17-14(18)11-5-3-4-6-12(11)19-2/h3-8H,15H2,1-2H3. The number of hydrogen-bond donors (Lipinski definition) is 1. The van der Waals surface area contributed by atoms with Crippen molar-refractivity contribution in [3.63, 3.8) is 0 Å². The maximum Gasteiger partial charge on any atom is 0.172 e. The number of pyridine rings is 1. The number of methoxy groups -OCH3 is 1. The van der Waals surface area contributed by atoms with Crippen LogP contribution in [0.5, 0.6) is 5.75 Å². The van der Waals surface area contributed by atoms with Crippen molar-refractivity contribution in [3.05, 3.63) is 42.1 Å². The second-order valence-corrected chi connectivity index (χ2v) is 4.37. The minimum atomic E-state index is 0.681. The number of benzene rings is 1. The third-order valence-electron chi connectivity index (χ3n) is 3.06. The van der Waals surface area contributed by atoms with Gasteiger partial charge in [0.15, 0.2) is 11.5 Å². The number of ether oxygens (including phenoxy) is 1. The fourth-order valence-corrected chi connectivity index (χ4v) is 2.20. The van der Waals surface area contributed by atoms with Crippen LogP contribution in [0.1, 0.15) is 5.56 Å². The molecule has 19 heavy (non-hydrogen) atoms. The van der Waals surface area contributed by atoms with Gasteiger partial charge in [-0.25, -0.2) is 0 Å². The molecular weight excluding hydrogens is 240 g/mol. The molecule has 3 rings (SSSR count). The number of fused-ring (bicyclic) bond motifs is 1. The summed E-state index contributed by atoms with van der Waals surface area (Å²) in [7, 11) is 1.64. The van der Waals surface area contributed by atoms with E-state index in [9.17, 15) is 0 Å². The maximum atomic E-state index is 5.89. The summed E-state index contributed by atoms with van der Waals surface area (Å²) in [6.45, 7) is 1.96. The van der Waals surface area contributed by atoms with Crippen LogP contribution in [-0.4, -0.2) is 21.7 Å². The van der Waals surface area contributed by atoms with E-state index in [0.29, 0.717) is 5.69 Å². The molecule has 0 aliphatic heterocycles. The molecule has 5 nitrogen and oxygen atoms in total. The lowest BCUT2D eigenvalue weighted by Crippen LogP contribution is -1.96. The SMILES string of the molecule is COc1ccccc1-c1nnc2c(C)cc(N)cn12. The van der Waals surface area contributed by atoms with E-state index in [4.69, 9.17) is 10.5 Å². The molecule has 0 unspecified atom stereocenters. The van der Waals surface area contributed by atoms with Crippen LogP contribution in [0.3, 0.4) is 0 Å². The van der Waals surface area contributed by atoms with E-state index >= 15 is 0 Å². The molecule has 2 N–H and O–H groups in total. The highest BCUT2D eigenvalue weighted by atomic mass is 16.5. The molecule has 2 aromatic heterocycles. The summed E-state index contributed by atoms with van der Waals surface area (Å²) in [5, 5.41) is 8.47. The molecule has 0 spiro atoms. The van der Waals surface area contributed by atoms with E-state index in [0.717, 1.165) is 28.3 Å². The monoisotopic (exact) mass is 254 g/mol. The van der Waals surface area contributed by atoms with E-state index in [1.165, 1.54) is 0 Å². The Bertz CT molecular complexity index is 748. The third kappa shape index (κ3) is 1.79. The molecule has 0 radical (unpaired) electrons. The van der Waals surface area contributed by atoms with Gasteiger partial charge >= 0.3 is 0 Å². The summed E-state index contributed by atoms with van der Waals surface area (Å²) in [6, 6.07) is 9.60. The molecule has 1 aromatic carbocycles. The number of para-hydroxylation sites is 1. The summed E-state index contributed by atoms with van der Waals surface area (Å²) < 4.78 is 7.26. The van der Waals surface area contributed by atoms with Gasteiger partial charge < -0.3 is 10.5 Å². The van der Waals surface area contributed by atoms with Gasteiger partial charge in [0.25, 0.3) is 0 Å². The number of aryl methyl sites for hydroxylation is 1. The topological polar surface area (TPSA) is 65.4 Å². The van der Waals surface area contributed by atoms with Gasteiger partial charge in [0, 0.05) is 11.9 Å². The Morgan fingerprint density at radius 3 is 2.79 bits per heavy atom. The lowest BCUT2D eigenvalue weighted by Gasteiger charge is -2.07. The number of nitrogen functional groups attached to an aromatic ring is 1. The Morgan fingerprint density at radius 1 is 1.21 bits per heavy atom. The number of nitrogens with zero attached hydrogens (tertiary/aromatic N) is 3. The second kappa shape index (κ2) is 4.28. The van der Waals surface area contributed by atoms with Crippen LogP contribution >= 0.6 is 0 Å². The number of aromatic nitrogens is 3. The van der Waals surface area contributed by atoms with Crippen molar-refractivity contribution >= 4 is 11.3 Å². The molecule has 0 saturated heterocycles. The highest BCUT2D eigenvalue weighted by molar-refractivity contribution is 5.68. The molecule has 0 atom stereocenters. The zero-order chi connectivity index (χ0) is 13.4. The molecular formula is C14H14N4O. The molecule has 96 valence electrons. The number of rotatable bonds is 2. The fraction of sp³-hybridized carbons (Fsp3) is 0.143. The molecule has 5 heteroatoms. The zero-order valence-electron chi connectivity index (χ0n) is 10.8. The summed E-state index contributed by atoms with van der Waals surface area (Å²) in [4.78, 5) is 0. The van der Waals surface area contributed by atoms with Gasteiger partial charge in [0.05, 0.1) is 12.7 Å². The molecule has 0 fully saturated rings. The van der Waals surface area contributed by atoms with E-state index in [1.807, 2.05) is 47.9 Å². The molecule has 2 heterocycles. The van der Waals surface area contributed by atoms with Crippen molar-refractivity contribution in [1.29, 1.82) is 0 Å². The van der Waals surface area contributed by atoms with Crippen LogP contribution in [0.2, 0.25) is 0 Å². The Hall–Kier alpha value is -2.56. The quantitative estimate of drug-likeness (QED) is 0.762. The molecule has 0 saturated carbocycles. The van der Waals surface area contributed by atoms with E-state index in [2.05, 4.69) is 10.2 Å². The summed E-state index contributed by atoms with van der Waals surface area (Å²) in [5.74, 6) is 1.49. The van der Waals surface area contributed by atoms with Gasteiger partial charge in [-0.1, -0.05) is 12.1 Å². The van der Waals surface area contributed by atoms with E-state index in [1.54, 1.807) is 7.11 Å². The Labute approximate surface area is 110 Å². The molecule has 3 aromatic rings. The predicted octanol–water partition coefficient (Wildman–Crippen LogP) is 2.30. The number of hydrogen-bond acceptors (Lipinski definition) is 4. The molecule has 0 bridgehead atoms. The normalized spacial score (nSPS) is 10.8. The van der Waals surface area contributed by atoms with Crippen molar-refractivity contribution in [2.75, 3.05) is 12.8 Å². The number of anilines is 1. The molecule has 0 amide bonds. The first-order chi connectivity index (χ1) is 9.20. The lowest BCUT2D eigenvalue weighted by molar-refractivity contribution is 0.416. The fourth-order valence-electron chi connectivity index (χ4n) is 2.20. The molecule has 0 aliphatic rings. The smallest absolute Gasteiger partial charge is 0.172 e. The largest absolute Gasteiger partial charge is 0.496 e. The van der Waals surface area contributed by atoms with Crippen LogP contribution in [0.25, 0.3) is 17.0 Å². The van der Waals surface area contributed by atoms with Gasteiger partial charge in [-0.3, -0.25) is 4.40 Å². The first kappa shape index (κ1) is 11.5. The van der Waals surface area contributed by atoms with Gasteiger partial charge in [0.2, 0.25) is 0 Å². The first-order valence-corrected chi connectivity index (χ1v) is 5.95. The van der Waals surface area contributed by atoms with Crippen molar-refractivity contribution in [3.8, 4) is 17.1 Å². The minimum Gasteiger partial charge on any atom is -0.496 e. The van der Waals surface area contributed by atoms with Crippen LogP contribution in [-0.2, 0) is 0 Å². The number of nitrogens with two attached hydrogens (primary N) is 1. The van der Waals surface area contributed by atoms with Gasteiger partial charge in [-0.2, -0.15) is 0 Å². The average molecular weight is 254 g/mol. The second-order valence-electron chi connectivity index (χ2n) is 4.37. The molecule has 0 aliphatic carbocycles. The Balaban J connectivity index is 2.31. The van der Waals surface area contributed by atoms with Gasteiger partial charge in [-0.05, 0) is 30.7 Å². The van der Waals surface area contributed by atoms with Crippen LogP contribution in [0.15, 0.2) is 36.5 Å². The highest BCUT2D eigenvalue weighted by Gasteiger charge is 2.13. The Morgan fingerprint density at radius 2 is 2.00 bits per heavy atom. The van der Waals surface area contributed by atoms with Crippen molar-refractivity contribution < 1.29 is 4.74 Å². The predicted molar refractivity (Wildman–Crippen MR) is 74.1 cm³/mol. The summed E-state index contributed by atoms with van der Waals surface area (Å²) in [5.41, 5.74) is 9.26. The first-order valence-electron chi connectivity index (χ1n) is 5.95. The lowest BCUT2D eigenvalue weighted by atomic mass is 10.2. The van der Waals surface area contributed by atoms with Crippen molar-refractivity contribution in [2.45, 2.75) is 6.92 Å². The summed E-state index contributed by atoms with van der Waals surface area (Å²) >= 11 is 0. The minimum absolute atomic E-state index is 0.681. The van der Waals surface area contributed by atoms with Crippen molar-refractivity contribution in [1.82, 2.24) is 14.6 Å². The maximum absolute atomic E-state index is 5.89. The van der Waals surface area contributed by atoms with E-state index < -0.39 is 0 Å². The summed E-state index contributed by atoms with van der Waals surface area (Å²) in [6.07, 6.45) is 1.82. The van der Waals surface area contributed by atoms with Crippen LogP contribution in [0, 0.1) is 6.92 Å². The highest BCUT2D eigenvalue weighted by Crippen LogP contribution is 2.29. The average Bonchev–Trinajstić information content (AvgIpc) is 2.82.